The van der Waals surface area contributed by atoms with Crippen LogP contribution >= 0.6 is 0 Å². The number of phenolic OH excluding ortho intramolecular Hbond substituents is 1. The van der Waals surface area contributed by atoms with Crippen LogP contribution in [0.2, 0.25) is 0 Å². The highest BCUT2D eigenvalue weighted by atomic mass is 16.5. The molecule has 1 aromatic rings. The lowest BCUT2D eigenvalue weighted by atomic mass is 9.32. The molecule has 0 amide bonds. The number of hydrogen-bond donors (Lipinski definition) is 3. The van der Waals surface area contributed by atoms with E-state index in [4.69, 9.17) is 4.74 Å². The number of fused-ring (bicyclic) bond motifs is 7. The normalized spacial score (nSPS) is 46.4. The standard InChI is InChI=1S/C39H56O5/c1-25(2)28-15-20-39(24-41)22-21-37(5)29(34(28)39)12-13-31-35(3)18-17-32(36(4,23-40)30(35)16-19-38(31,37)6)44-33(43)14-9-26-7-10-27(42)11-8-26/h7-11,14,28-32,34,40-42H,1,12-13,15-24H2,2-6H3/b14-9+/t28-,29+,30+,31+,32-,34+,35-,36-,37+,38+,39+/m0/s1. The summed E-state index contributed by atoms with van der Waals surface area (Å²) < 4.78 is 6.14. The molecule has 0 radical (unpaired) electrons. The van der Waals surface area contributed by atoms with Gasteiger partial charge in [-0.15, -0.1) is 0 Å². The van der Waals surface area contributed by atoms with E-state index in [9.17, 15) is 20.1 Å². The van der Waals surface area contributed by atoms with E-state index in [0.717, 1.165) is 44.1 Å². The molecule has 5 aliphatic rings. The molecule has 11 atom stereocenters. The van der Waals surface area contributed by atoms with Gasteiger partial charge in [0.2, 0.25) is 0 Å². The van der Waals surface area contributed by atoms with Crippen molar-refractivity contribution in [1.82, 2.24) is 0 Å². The van der Waals surface area contributed by atoms with Gasteiger partial charge in [0.1, 0.15) is 11.9 Å². The van der Waals surface area contributed by atoms with Crippen molar-refractivity contribution in [2.75, 3.05) is 13.2 Å². The molecule has 5 fully saturated rings. The second kappa shape index (κ2) is 11.0. The largest absolute Gasteiger partial charge is 0.508 e. The third kappa shape index (κ3) is 4.49. The van der Waals surface area contributed by atoms with Crippen LogP contribution in [0, 0.1) is 56.7 Å². The number of aromatic hydroxyl groups is 1. The van der Waals surface area contributed by atoms with Crippen molar-refractivity contribution in [3.8, 4) is 5.75 Å². The van der Waals surface area contributed by atoms with E-state index >= 15 is 0 Å². The predicted octanol–water partition coefficient (Wildman–Crippen LogP) is 7.94. The van der Waals surface area contributed by atoms with Crippen LogP contribution in [-0.4, -0.2) is 40.6 Å². The first-order valence-corrected chi connectivity index (χ1v) is 17.3. The second-order valence-electron chi connectivity index (χ2n) is 16.8. The zero-order valence-corrected chi connectivity index (χ0v) is 27.8. The van der Waals surface area contributed by atoms with Gasteiger partial charge in [0.15, 0.2) is 0 Å². The molecule has 0 saturated heterocycles. The lowest BCUT2D eigenvalue weighted by Crippen LogP contribution is -2.67. The highest BCUT2D eigenvalue weighted by Gasteiger charge is 2.71. The first-order chi connectivity index (χ1) is 20.8. The number of allylic oxidation sites excluding steroid dienone is 1. The number of aliphatic hydroxyl groups is 2. The van der Waals surface area contributed by atoms with Crippen molar-refractivity contribution in [3.05, 3.63) is 48.1 Å². The zero-order chi connectivity index (χ0) is 31.7. The summed E-state index contributed by atoms with van der Waals surface area (Å²) in [5, 5.41) is 31.3. The lowest BCUT2D eigenvalue weighted by molar-refractivity contribution is -0.257. The Morgan fingerprint density at radius 2 is 1.61 bits per heavy atom. The van der Waals surface area contributed by atoms with Gasteiger partial charge in [-0.3, -0.25) is 0 Å². The maximum absolute atomic E-state index is 13.0. The summed E-state index contributed by atoms with van der Waals surface area (Å²) in [7, 11) is 0. The van der Waals surface area contributed by atoms with Crippen molar-refractivity contribution < 1.29 is 24.9 Å². The van der Waals surface area contributed by atoms with Gasteiger partial charge in [-0.05, 0) is 146 Å². The Kier molecular flexibility index (Phi) is 7.97. The first-order valence-electron chi connectivity index (χ1n) is 17.3. The molecule has 0 aromatic heterocycles. The fraction of sp³-hybridized carbons (Fsp3) is 0.718. The number of ether oxygens (including phenoxy) is 1. The van der Waals surface area contributed by atoms with Crippen molar-refractivity contribution in [3.63, 3.8) is 0 Å². The van der Waals surface area contributed by atoms with Gasteiger partial charge in [0, 0.05) is 18.1 Å². The molecule has 242 valence electrons. The van der Waals surface area contributed by atoms with Crippen LogP contribution in [0.5, 0.6) is 5.75 Å². The molecule has 5 aliphatic carbocycles. The molecular formula is C39H56O5. The number of benzene rings is 1. The molecule has 6 rings (SSSR count). The molecule has 1 aromatic carbocycles. The van der Waals surface area contributed by atoms with Crippen LogP contribution < -0.4 is 0 Å². The fourth-order valence-corrected chi connectivity index (χ4v) is 12.7. The smallest absolute Gasteiger partial charge is 0.331 e. The van der Waals surface area contributed by atoms with Crippen molar-refractivity contribution >= 4 is 12.0 Å². The molecule has 0 spiro atoms. The minimum Gasteiger partial charge on any atom is -0.508 e. The van der Waals surface area contributed by atoms with E-state index in [1.807, 2.05) is 0 Å². The topological polar surface area (TPSA) is 87.0 Å². The van der Waals surface area contributed by atoms with E-state index in [0.29, 0.717) is 30.3 Å². The summed E-state index contributed by atoms with van der Waals surface area (Å²) >= 11 is 0. The third-order valence-electron chi connectivity index (χ3n) is 15.2. The molecule has 0 bridgehead atoms. The van der Waals surface area contributed by atoms with Crippen molar-refractivity contribution in [2.24, 2.45) is 56.7 Å². The van der Waals surface area contributed by atoms with E-state index in [-0.39, 0.29) is 52.0 Å². The van der Waals surface area contributed by atoms with E-state index < -0.39 is 5.41 Å². The minimum absolute atomic E-state index is 0.0115. The molecule has 5 heteroatoms. The summed E-state index contributed by atoms with van der Waals surface area (Å²) in [5.41, 5.74) is 2.17. The Bertz CT molecular complexity index is 1300. The Labute approximate surface area is 265 Å². The Morgan fingerprint density at radius 1 is 0.886 bits per heavy atom. The van der Waals surface area contributed by atoms with Gasteiger partial charge < -0.3 is 20.1 Å². The van der Waals surface area contributed by atoms with Crippen LogP contribution in [0.1, 0.15) is 104 Å². The molecule has 0 heterocycles. The second-order valence-corrected chi connectivity index (χ2v) is 16.8. The fourth-order valence-electron chi connectivity index (χ4n) is 12.7. The molecule has 0 unspecified atom stereocenters. The molecule has 44 heavy (non-hydrogen) atoms. The van der Waals surface area contributed by atoms with Crippen LogP contribution in [0.4, 0.5) is 0 Å². The summed E-state index contributed by atoms with van der Waals surface area (Å²) in [6.45, 7) is 16.9. The van der Waals surface area contributed by atoms with Gasteiger partial charge >= 0.3 is 5.97 Å². The van der Waals surface area contributed by atoms with Crippen molar-refractivity contribution in [2.45, 2.75) is 105 Å². The van der Waals surface area contributed by atoms with Crippen molar-refractivity contribution in [1.29, 1.82) is 0 Å². The van der Waals surface area contributed by atoms with E-state index in [1.165, 1.54) is 37.3 Å². The molecule has 5 nitrogen and oxygen atoms in total. The number of esters is 1. The predicted molar refractivity (Wildman–Crippen MR) is 174 cm³/mol. The quantitative estimate of drug-likeness (QED) is 0.174. The lowest BCUT2D eigenvalue weighted by Gasteiger charge is -2.73. The Hall–Kier alpha value is -2.11. The van der Waals surface area contributed by atoms with Crippen LogP contribution in [-0.2, 0) is 9.53 Å². The van der Waals surface area contributed by atoms with E-state index in [1.54, 1.807) is 30.3 Å². The van der Waals surface area contributed by atoms with E-state index in [2.05, 4.69) is 41.2 Å². The maximum Gasteiger partial charge on any atom is 0.331 e. The molecule has 0 aliphatic heterocycles. The average molecular weight is 605 g/mol. The summed E-state index contributed by atoms with van der Waals surface area (Å²) in [6, 6.07) is 6.73. The summed E-state index contributed by atoms with van der Waals surface area (Å²) in [5.74, 6) is 2.30. The molecule has 3 N–H and O–H groups in total. The number of rotatable bonds is 6. The van der Waals surface area contributed by atoms with Crippen LogP contribution in [0.25, 0.3) is 6.08 Å². The third-order valence-corrected chi connectivity index (χ3v) is 15.2. The van der Waals surface area contributed by atoms with Crippen LogP contribution in [0.3, 0.4) is 0 Å². The highest BCUT2D eigenvalue weighted by Crippen LogP contribution is 2.77. The number of carbonyl (C=O) groups excluding carboxylic acids is 1. The Morgan fingerprint density at radius 3 is 2.27 bits per heavy atom. The summed E-state index contributed by atoms with van der Waals surface area (Å²) in [6.07, 6.45) is 13.8. The average Bonchev–Trinajstić information content (AvgIpc) is 3.39. The molecular weight excluding hydrogens is 548 g/mol. The van der Waals surface area contributed by atoms with Crippen LogP contribution in [0.15, 0.2) is 42.5 Å². The van der Waals surface area contributed by atoms with Gasteiger partial charge in [-0.25, -0.2) is 4.79 Å². The first kappa shape index (κ1) is 31.9. The zero-order valence-electron chi connectivity index (χ0n) is 27.8. The number of phenols is 1. The monoisotopic (exact) mass is 604 g/mol. The molecule has 5 saturated carbocycles. The maximum atomic E-state index is 13.0. The minimum atomic E-state index is -0.497. The van der Waals surface area contributed by atoms with Gasteiger partial charge in [-0.2, -0.15) is 0 Å². The van der Waals surface area contributed by atoms with Gasteiger partial charge in [0.25, 0.3) is 0 Å². The number of hydrogen-bond acceptors (Lipinski definition) is 5. The Balaban J connectivity index is 1.25. The highest BCUT2D eigenvalue weighted by molar-refractivity contribution is 5.87. The summed E-state index contributed by atoms with van der Waals surface area (Å²) in [4.78, 5) is 13.0. The number of aliphatic hydroxyl groups excluding tert-OH is 2. The van der Waals surface area contributed by atoms with Gasteiger partial charge in [0.05, 0.1) is 6.61 Å². The SMILES string of the molecule is C=C(C)[C@@H]1CC[C@]2(CO)CC[C@]3(C)[C@H](CC[C@@H]4[C@@]5(C)CC[C@H](OC(=O)/C=C/c6ccc(O)cc6)[C@@](C)(CO)[C@@H]5CC[C@]43C)[C@@H]12. The number of carbonyl (C=O) groups is 1. The van der Waals surface area contributed by atoms with Gasteiger partial charge in [-0.1, -0.05) is 52.0 Å².